The molecule has 4 rings (SSSR count). The molecule has 0 spiro atoms. The van der Waals surface area contributed by atoms with Crippen LogP contribution in [0.15, 0.2) is 54.6 Å². The predicted molar refractivity (Wildman–Crippen MR) is 98.8 cm³/mol. The maximum absolute atomic E-state index is 5.31. The number of hydrogen-bond donors (Lipinski definition) is 1. The molecule has 2 aromatic carbocycles. The average molecular weight is 321 g/mol. The van der Waals surface area contributed by atoms with E-state index >= 15 is 0 Å². The van der Waals surface area contributed by atoms with Gasteiger partial charge in [0, 0.05) is 44.2 Å². The first-order chi connectivity index (χ1) is 11.8. The van der Waals surface area contributed by atoms with Crippen LogP contribution in [0.4, 0.5) is 5.82 Å². The van der Waals surface area contributed by atoms with Gasteiger partial charge in [0.1, 0.15) is 11.6 Å². The topological polar surface area (TPSA) is 31.5 Å². The molecule has 4 nitrogen and oxygen atoms in total. The van der Waals surface area contributed by atoms with E-state index in [1.165, 1.54) is 16.8 Å². The predicted octanol–water partition coefficient (Wildman–Crippen LogP) is 3.50. The number of H-pyrrole nitrogens is 1. The Morgan fingerprint density at radius 1 is 0.958 bits per heavy atom. The third-order valence-corrected chi connectivity index (χ3v) is 4.78. The van der Waals surface area contributed by atoms with Gasteiger partial charge < -0.3 is 14.6 Å². The van der Waals surface area contributed by atoms with E-state index in [1.54, 1.807) is 7.11 Å². The minimum Gasteiger partial charge on any atom is -0.497 e. The Balaban J connectivity index is 1.42. The highest BCUT2D eigenvalue weighted by molar-refractivity contribution is 5.85. The molecule has 1 N–H and O–H groups in total. The van der Waals surface area contributed by atoms with Gasteiger partial charge in [0.2, 0.25) is 0 Å². The van der Waals surface area contributed by atoms with Crippen molar-refractivity contribution >= 4 is 16.7 Å². The van der Waals surface area contributed by atoms with Gasteiger partial charge in [0.05, 0.1) is 12.6 Å². The minimum atomic E-state index is 0.892. The van der Waals surface area contributed by atoms with Crippen LogP contribution in [0.3, 0.4) is 0 Å². The molecule has 0 saturated carbocycles. The molecule has 2 heterocycles. The van der Waals surface area contributed by atoms with Crippen LogP contribution in [0.25, 0.3) is 10.9 Å². The van der Waals surface area contributed by atoms with Gasteiger partial charge in [-0.05, 0) is 23.8 Å². The highest BCUT2D eigenvalue weighted by Gasteiger charge is 2.18. The number of aromatic amines is 1. The molecule has 24 heavy (non-hydrogen) atoms. The van der Waals surface area contributed by atoms with Crippen molar-refractivity contribution in [2.45, 2.75) is 6.54 Å². The number of rotatable bonds is 4. The standard InChI is InChI=1S/C20H23N3O/c1-24-18-8-7-17-13-20(21-19(17)14-18)23-11-9-22(10-12-23)15-16-5-3-2-4-6-16/h2-8,13-14,21H,9-12,15H2,1H3. The zero-order chi connectivity index (χ0) is 16.4. The molecular formula is C20H23N3O. The summed E-state index contributed by atoms with van der Waals surface area (Å²) in [5, 5.41) is 1.23. The maximum Gasteiger partial charge on any atom is 0.120 e. The molecule has 1 aromatic heterocycles. The first-order valence-corrected chi connectivity index (χ1v) is 8.50. The van der Waals surface area contributed by atoms with E-state index in [9.17, 15) is 0 Å². The molecule has 1 fully saturated rings. The summed E-state index contributed by atoms with van der Waals surface area (Å²) < 4.78 is 5.31. The second-order valence-corrected chi connectivity index (χ2v) is 6.36. The van der Waals surface area contributed by atoms with Crippen LogP contribution in [0.1, 0.15) is 5.56 Å². The van der Waals surface area contributed by atoms with Gasteiger partial charge in [-0.1, -0.05) is 30.3 Å². The van der Waals surface area contributed by atoms with E-state index in [0.29, 0.717) is 0 Å². The van der Waals surface area contributed by atoms with Crippen molar-refractivity contribution < 1.29 is 4.74 Å². The molecule has 0 aliphatic carbocycles. The van der Waals surface area contributed by atoms with Crippen molar-refractivity contribution in [1.82, 2.24) is 9.88 Å². The van der Waals surface area contributed by atoms with Gasteiger partial charge >= 0.3 is 0 Å². The molecule has 124 valence electrons. The van der Waals surface area contributed by atoms with E-state index in [1.807, 2.05) is 6.07 Å². The summed E-state index contributed by atoms with van der Waals surface area (Å²) in [6, 6.07) is 19.1. The fourth-order valence-electron chi connectivity index (χ4n) is 3.38. The van der Waals surface area contributed by atoms with E-state index in [4.69, 9.17) is 4.74 Å². The number of ether oxygens (including phenoxy) is 1. The number of anilines is 1. The summed E-state index contributed by atoms with van der Waals surface area (Å²) in [5.74, 6) is 2.10. The molecule has 1 aliphatic rings. The normalized spacial score (nSPS) is 15.8. The SMILES string of the molecule is COc1ccc2cc(N3CCN(Cc4ccccc4)CC3)[nH]c2c1. The molecular weight excluding hydrogens is 298 g/mol. The van der Waals surface area contributed by atoms with Gasteiger partial charge in [-0.15, -0.1) is 0 Å². The Labute approximate surface area is 142 Å². The number of hydrogen-bond acceptors (Lipinski definition) is 3. The van der Waals surface area contributed by atoms with E-state index in [2.05, 4.69) is 63.3 Å². The van der Waals surface area contributed by atoms with Crippen molar-refractivity contribution in [2.24, 2.45) is 0 Å². The summed E-state index contributed by atoms with van der Waals surface area (Å²) in [6.07, 6.45) is 0. The van der Waals surface area contributed by atoms with Crippen LogP contribution in [0, 0.1) is 0 Å². The molecule has 0 amide bonds. The van der Waals surface area contributed by atoms with Crippen molar-refractivity contribution in [2.75, 3.05) is 38.2 Å². The number of aromatic nitrogens is 1. The highest BCUT2D eigenvalue weighted by Crippen LogP contribution is 2.26. The molecule has 3 aromatic rings. The molecule has 1 saturated heterocycles. The Hall–Kier alpha value is -2.46. The number of nitrogens with one attached hydrogen (secondary N) is 1. The molecule has 1 aliphatic heterocycles. The lowest BCUT2D eigenvalue weighted by Gasteiger charge is -2.35. The van der Waals surface area contributed by atoms with Crippen molar-refractivity contribution in [3.05, 3.63) is 60.2 Å². The average Bonchev–Trinajstić information content (AvgIpc) is 3.06. The smallest absolute Gasteiger partial charge is 0.120 e. The monoisotopic (exact) mass is 321 g/mol. The first-order valence-electron chi connectivity index (χ1n) is 8.50. The largest absolute Gasteiger partial charge is 0.497 e. The summed E-state index contributed by atoms with van der Waals surface area (Å²) in [4.78, 5) is 8.50. The summed E-state index contributed by atoms with van der Waals surface area (Å²) in [6.45, 7) is 5.33. The van der Waals surface area contributed by atoms with Crippen LogP contribution in [0.5, 0.6) is 5.75 Å². The van der Waals surface area contributed by atoms with E-state index < -0.39 is 0 Å². The zero-order valence-electron chi connectivity index (χ0n) is 14.0. The number of piperazine rings is 1. The fourth-order valence-corrected chi connectivity index (χ4v) is 3.38. The quantitative estimate of drug-likeness (QED) is 0.798. The molecule has 0 radical (unpaired) electrons. The van der Waals surface area contributed by atoms with Gasteiger partial charge in [-0.25, -0.2) is 0 Å². The van der Waals surface area contributed by atoms with Gasteiger partial charge in [0.15, 0.2) is 0 Å². The van der Waals surface area contributed by atoms with Gasteiger partial charge in [0.25, 0.3) is 0 Å². The van der Waals surface area contributed by atoms with E-state index in [-0.39, 0.29) is 0 Å². The zero-order valence-corrected chi connectivity index (χ0v) is 14.0. The molecule has 0 bridgehead atoms. The van der Waals surface area contributed by atoms with Crippen LogP contribution in [-0.2, 0) is 6.54 Å². The second kappa shape index (κ2) is 6.57. The molecule has 4 heteroatoms. The lowest BCUT2D eigenvalue weighted by molar-refractivity contribution is 0.249. The third-order valence-electron chi connectivity index (χ3n) is 4.78. The number of methoxy groups -OCH3 is 1. The van der Waals surface area contributed by atoms with Crippen LogP contribution in [0.2, 0.25) is 0 Å². The van der Waals surface area contributed by atoms with Gasteiger partial charge in [-0.2, -0.15) is 0 Å². The van der Waals surface area contributed by atoms with Crippen LogP contribution < -0.4 is 9.64 Å². The van der Waals surface area contributed by atoms with E-state index in [0.717, 1.165) is 44.0 Å². The molecule has 0 atom stereocenters. The highest BCUT2D eigenvalue weighted by atomic mass is 16.5. The summed E-state index contributed by atoms with van der Waals surface area (Å²) in [5.41, 5.74) is 2.53. The minimum absolute atomic E-state index is 0.892. The molecule has 0 unspecified atom stereocenters. The lowest BCUT2D eigenvalue weighted by Crippen LogP contribution is -2.46. The van der Waals surface area contributed by atoms with Crippen LogP contribution in [-0.4, -0.2) is 43.2 Å². The maximum atomic E-state index is 5.31. The summed E-state index contributed by atoms with van der Waals surface area (Å²) in [7, 11) is 1.71. The number of benzene rings is 2. The summed E-state index contributed by atoms with van der Waals surface area (Å²) >= 11 is 0. The second-order valence-electron chi connectivity index (χ2n) is 6.36. The van der Waals surface area contributed by atoms with Crippen molar-refractivity contribution in [3.8, 4) is 5.75 Å². The Kier molecular flexibility index (Phi) is 4.13. The number of fused-ring (bicyclic) bond motifs is 1. The lowest BCUT2D eigenvalue weighted by atomic mass is 10.2. The Bertz CT molecular complexity index is 804. The van der Waals surface area contributed by atoms with Gasteiger partial charge in [-0.3, -0.25) is 4.90 Å². The van der Waals surface area contributed by atoms with Crippen molar-refractivity contribution in [1.29, 1.82) is 0 Å². The Morgan fingerprint density at radius 2 is 1.75 bits per heavy atom. The number of nitrogens with zero attached hydrogens (tertiary/aromatic N) is 2. The van der Waals surface area contributed by atoms with Crippen molar-refractivity contribution in [3.63, 3.8) is 0 Å². The third kappa shape index (κ3) is 3.10. The fraction of sp³-hybridized carbons (Fsp3) is 0.300. The first kappa shape index (κ1) is 15.1. The Morgan fingerprint density at radius 3 is 2.50 bits per heavy atom. The van der Waals surface area contributed by atoms with Crippen LogP contribution >= 0.6 is 0 Å².